The van der Waals surface area contributed by atoms with Gasteiger partial charge in [-0.3, -0.25) is 4.79 Å². The van der Waals surface area contributed by atoms with Crippen LogP contribution in [0.3, 0.4) is 0 Å². The molecule has 1 amide bonds. The monoisotopic (exact) mass is 386 g/mol. The molecule has 0 radical (unpaired) electrons. The highest BCUT2D eigenvalue weighted by Gasteiger charge is 2.15. The summed E-state index contributed by atoms with van der Waals surface area (Å²) in [5.74, 6) is 0.138. The standard InChI is InChI=1S/C20H14N6OS/c21-16-13-3-1-2-12(17(13)25-26-18(16)19(22)27)10-4-5-14-15(8-10)24-20(23-14)11-6-7-28-9-11/h1-9H,(H2,21,25)(H2,22,27)(H,23,24). The summed E-state index contributed by atoms with van der Waals surface area (Å²) < 4.78 is 0. The molecule has 0 spiro atoms. The maximum absolute atomic E-state index is 11.5. The number of carbonyl (C=O) groups is 1. The fourth-order valence-electron chi connectivity index (χ4n) is 3.28. The summed E-state index contributed by atoms with van der Waals surface area (Å²) in [4.78, 5) is 19.5. The molecular weight excluding hydrogens is 372 g/mol. The molecular formula is C20H14N6OS. The Hall–Kier alpha value is -3.78. The number of aromatic amines is 1. The molecule has 5 N–H and O–H groups in total. The zero-order valence-electron chi connectivity index (χ0n) is 14.5. The first-order chi connectivity index (χ1) is 13.6. The van der Waals surface area contributed by atoms with Crippen molar-refractivity contribution in [2.24, 2.45) is 5.73 Å². The van der Waals surface area contributed by atoms with Crippen molar-refractivity contribution in [1.82, 2.24) is 20.2 Å². The molecule has 28 heavy (non-hydrogen) atoms. The van der Waals surface area contributed by atoms with Gasteiger partial charge in [-0.05, 0) is 29.1 Å². The predicted molar refractivity (Wildman–Crippen MR) is 111 cm³/mol. The number of thiophene rings is 1. The first-order valence-corrected chi connectivity index (χ1v) is 9.43. The summed E-state index contributed by atoms with van der Waals surface area (Å²) in [5, 5.41) is 12.9. The van der Waals surface area contributed by atoms with E-state index < -0.39 is 5.91 Å². The highest BCUT2D eigenvalue weighted by Crippen LogP contribution is 2.32. The number of benzene rings is 2. The lowest BCUT2D eigenvalue weighted by Crippen LogP contribution is -2.16. The van der Waals surface area contributed by atoms with Crippen LogP contribution in [0.1, 0.15) is 10.5 Å². The molecule has 0 bridgehead atoms. The zero-order valence-corrected chi connectivity index (χ0v) is 15.3. The van der Waals surface area contributed by atoms with E-state index in [0.717, 1.165) is 33.5 Å². The van der Waals surface area contributed by atoms with Crippen LogP contribution >= 0.6 is 11.3 Å². The highest BCUT2D eigenvalue weighted by atomic mass is 32.1. The van der Waals surface area contributed by atoms with Gasteiger partial charge in [-0.2, -0.15) is 11.3 Å². The average Bonchev–Trinajstić information content (AvgIpc) is 3.36. The van der Waals surface area contributed by atoms with Gasteiger partial charge in [-0.1, -0.05) is 24.3 Å². The minimum atomic E-state index is -0.697. The number of imidazole rings is 1. The molecule has 5 rings (SSSR count). The Labute approximate surface area is 163 Å². The predicted octanol–water partition coefficient (Wildman–Crippen LogP) is 3.58. The van der Waals surface area contributed by atoms with Crippen molar-refractivity contribution >= 4 is 44.9 Å². The van der Waals surface area contributed by atoms with E-state index in [1.165, 1.54) is 0 Å². The number of nitrogen functional groups attached to an aromatic ring is 1. The lowest BCUT2D eigenvalue weighted by molar-refractivity contribution is 0.0996. The quantitative estimate of drug-likeness (QED) is 0.437. The summed E-state index contributed by atoms with van der Waals surface area (Å²) in [6.07, 6.45) is 0. The van der Waals surface area contributed by atoms with Gasteiger partial charge in [0.25, 0.3) is 5.91 Å². The van der Waals surface area contributed by atoms with E-state index in [9.17, 15) is 4.79 Å². The Balaban J connectivity index is 1.68. The van der Waals surface area contributed by atoms with Crippen molar-refractivity contribution in [3.8, 4) is 22.5 Å². The minimum Gasteiger partial charge on any atom is -0.396 e. The van der Waals surface area contributed by atoms with Crippen LogP contribution in [-0.2, 0) is 0 Å². The van der Waals surface area contributed by atoms with Crippen LogP contribution in [-0.4, -0.2) is 26.1 Å². The van der Waals surface area contributed by atoms with Crippen molar-refractivity contribution in [3.63, 3.8) is 0 Å². The second-order valence-electron chi connectivity index (χ2n) is 6.36. The second-order valence-corrected chi connectivity index (χ2v) is 7.14. The number of hydrogen-bond donors (Lipinski definition) is 3. The van der Waals surface area contributed by atoms with Crippen LogP contribution in [0.4, 0.5) is 5.69 Å². The molecule has 2 aromatic carbocycles. The van der Waals surface area contributed by atoms with Gasteiger partial charge in [0.05, 0.1) is 16.7 Å². The van der Waals surface area contributed by atoms with Crippen molar-refractivity contribution in [2.45, 2.75) is 0 Å². The number of nitrogens with two attached hydrogens (primary N) is 2. The summed E-state index contributed by atoms with van der Waals surface area (Å²) in [5.41, 5.74) is 16.9. The topological polar surface area (TPSA) is 124 Å². The van der Waals surface area contributed by atoms with E-state index in [1.54, 1.807) is 17.4 Å². The number of fused-ring (bicyclic) bond motifs is 2. The third kappa shape index (κ3) is 2.50. The number of primary amides is 1. The molecule has 8 heteroatoms. The van der Waals surface area contributed by atoms with Crippen molar-refractivity contribution in [2.75, 3.05) is 5.73 Å². The maximum Gasteiger partial charge on any atom is 0.271 e. The van der Waals surface area contributed by atoms with Crippen molar-refractivity contribution in [1.29, 1.82) is 0 Å². The van der Waals surface area contributed by atoms with E-state index in [4.69, 9.17) is 11.5 Å². The largest absolute Gasteiger partial charge is 0.396 e. The Kier molecular flexibility index (Phi) is 3.59. The van der Waals surface area contributed by atoms with Crippen LogP contribution in [0.25, 0.3) is 44.5 Å². The summed E-state index contributed by atoms with van der Waals surface area (Å²) >= 11 is 1.63. The maximum atomic E-state index is 11.5. The number of rotatable bonds is 3. The van der Waals surface area contributed by atoms with Crippen LogP contribution in [0.5, 0.6) is 0 Å². The number of aromatic nitrogens is 4. The van der Waals surface area contributed by atoms with Crippen LogP contribution < -0.4 is 11.5 Å². The number of nitrogens with zero attached hydrogens (tertiary/aromatic N) is 3. The highest BCUT2D eigenvalue weighted by molar-refractivity contribution is 7.08. The lowest BCUT2D eigenvalue weighted by Gasteiger charge is -2.09. The molecule has 5 aromatic rings. The van der Waals surface area contributed by atoms with Gasteiger partial charge in [-0.15, -0.1) is 10.2 Å². The Morgan fingerprint density at radius 2 is 1.96 bits per heavy atom. The molecule has 0 aliphatic heterocycles. The molecule has 0 fully saturated rings. The minimum absolute atomic E-state index is 0.0194. The molecule has 0 atom stereocenters. The molecule has 0 saturated heterocycles. The molecule has 0 saturated carbocycles. The van der Waals surface area contributed by atoms with Gasteiger partial charge < -0.3 is 16.5 Å². The molecule has 136 valence electrons. The molecule has 0 unspecified atom stereocenters. The fraction of sp³-hybridized carbons (Fsp3) is 0. The van der Waals surface area contributed by atoms with Gasteiger partial charge in [0, 0.05) is 21.9 Å². The SMILES string of the molecule is NC(=O)c1nnc2c(-c3ccc4nc(-c5ccsc5)[nH]c4c3)cccc2c1N. The van der Waals surface area contributed by atoms with Gasteiger partial charge in [0.15, 0.2) is 5.69 Å². The first-order valence-electron chi connectivity index (χ1n) is 8.49. The molecule has 7 nitrogen and oxygen atoms in total. The van der Waals surface area contributed by atoms with Gasteiger partial charge in [-0.25, -0.2) is 4.98 Å². The molecule has 0 aliphatic rings. The molecule has 0 aliphatic carbocycles. The Morgan fingerprint density at radius 3 is 2.75 bits per heavy atom. The number of hydrogen-bond acceptors (Lipinski definition) is 6. The Morgan fingerprint density at radius 1 is 1.07 bits per heavy atom. The van der Waals surface area contributed by atoms with E-state index in [-0.39, 0.29) is 11.4 Å². The van der Waals surface area contributed by atoms with Gasteiger partial charge in [0.2, 0.25) is 0 Å². The third-order valence-corrected chi connectivity index (χ3v) is 5.34. The fourth-order valence-corrected chi connectivity index (χ4v) is 3.92. The summed E-state index contributed by atoms with van der Waals surface area (Å²) in [7, 11) is 0. The number of amides is 1. The first kappa shape index (κ1) is 16.4. The van der Waals surface area contributed by atoms with Crippen molar-refractivity contribution < 1.29 is 4.79 Å². The smallest absolute Gasteiger partial charge is 0.271 e. The number of nitrogens with one attached hydrogen (secondary N) is 1. The van der Waals surface area contributed by atoms with E-state index >= 15 is 0 Å². The van der Waals surface area contributed by atoms with E-state index in [0.29, 0.717) is 10.9 Å². The van der Waals surface area contributed by atoms with Crippen molar-refractivity contribution in [3.05, 3.63) is 58.9 Å². The number of carbonyl (C=O) groups excluding carboxylic acids is 1. The van der Waals surface area contributed by atoms with Crippen LogP contribution in [0.2, 0.25) is 0 Å². The molecule has 3 aromatic heterocycles. The van der Waals surface area contributed by atoms with Crippen LogP contribution in [0.15, 0.2) is 53.2 Å². The third-order valence-electron chi connectivity index (χ3n) is 4.65. The van der Waals surface area contributed by atoms with E-state index in [1.807, 2.05) is 41.8 Å². The number of H-pyrrole nitrogens is 1. The normalized spacial score (nSPS) is 11.3. The Bertz CT molecular complexity index is 1360. The lowest BCUT2D eigenvalue weighted by atomic mass is 10.0. The summed E-state index contributed by atoms with van der Waals surface area (Å²) in [6, 6.07) is 13.6. The zero-order chi connectivity index (χ0) is 19.3. The van der Waals surface area contributed by atoms with Crippen LogP contribution in [0, 0.1) is 0 Å². The average molecular weight is 386 g/mol. The van der Waals surface area contributed by atoms with Gasteiger partial charge >= 0.3 is 0 Å². The summed E-state index contributed by atoms with van der Waals surface area (Å²) in [6.45, 7) is 0. The second kappa shape index (κ2) is 6.14. The van der Waals surface area contributed by atoms with E-state index in [2.05, 4.69) is 25.5 Å². The molecule has 3 heterocycles. The number of anilines is 1. The van der Waals surface area contributed by atoms with Gasteiger partial charge in [0.1, 0.15) is 11.3 Å².